The van der Waals surface area contributed by atoms with Gasteiger partial charge in [0.1, 0.15) is 0 Å². The maximum atomic E-state index is 12.4. The van der Waals surface area contributed by atoms with E-state index in [-0.39, 0.29) is 23.8 Å². The monoisotopic (exact) mass is 302 g/mol. The zero-order valence-electron chi connectivity index (χ0n) is 13.1. The van der Waals surface area contributed by atoms with E-state index < -0.39 is 0 Å². The van der Waals surface area contributed by atoms with Crippen molar-refractivity contribution in [3.05, 3.63) is 29.3 Å². The van der Waals surface area contributed by atoms with Crippen LogP contribution >= 0.6 is 0 Å². The van der Waals surface area contributed by atoms with Crippen LogP contribution in [0.3, 0.4) is 0 Å². The summed E-state index contributed by atoms with van der Waals surface area (Å²) in [6.45, 7) is 3.37. The molecular weight excluding hydrogens is 280 g/mol. The molecule has 118 valence electrons. The van der Waals surface area contributed by atoms with Gasteiger partial charge in [-0.15, -0.1) is 0 Å². The Kier molecular flexibility index (Phi) is 4.16. The Balaban J connectivity index is 1.73. The highest BCUT2D eigenvalue weighted by Gasteiger charge is 2.26. The Morgan fingerprint density at radius 2 is 2.23 bits per heavy atom. The summed E-state index contributed by atoms with van der Waals surface area (Å²) in [7, 11) is 1.81. The number of likely N-dealkylation sites (N-methyl/N-ethyl adjacent to an activating group) is 1. The third kappa shape index (κ3) is 2.99. The first kappa shape index (κ1) is 15.0. The first-order chi connectivity index (χ1) is 10.5. The third-order valence-corrected chi connectivity index (χ3v) is 4.53. The summed E-state index contributed by atoms with van der Waals surface area (Å²) in [6.07, 6.45) is 2.49. The number of nitrogens with one attached hydrogen (secondary N) is 1. The molecule has 2 aliphatic heterocycles. The highest BCUT2D eigenvalue weighted by Crippen LogP contribution is 2.25. The second-order valence-electron chi connectivity index (χ2n) is 6.24. The van der Waals surface area contributed by atoms with Gasteiger partial charge in [-0.1, -0.05) is 6.07 Å². The smallest absolute Gasteiger partial charge is 0.253 e. The van der Waals surface area contributed by atoms with Crippen molar-refractivity contribution in [3.63, 3.8) is 0 Å². The lowest BCUT2D eigenvalue weighted by Gasteiger charge is -2.27. The predicted molar refractivity (Wildman–Crippen MR) is 83.9 cm³/mol. The zero-order valence-corrected chi connectivity index (χ0v) is 13.1. The van der Waals surface area contributed by atoms with E-state index in [1.54, 1.807) is 18.0 Å². The number of hydrogen-bond acceptors (Lipinski definition) is 3. The summed E-state index contributed by atoms with van der Waals surface area (Å²) < 4.78 is 5.48. The van der Waals surface area contributed by atoms with Crippen LogP contribution in [0, 0.1) is 5.92 Å². The van der Waals surface area contributed by atoms with Gasteiger partial charge >= 0.3 is 0 Å². The molecule has 0 spiro atoms. The normalized spacial score (nSPS) is 24.8. The number of amides is 2. The molecule has 5 nitrogen and oxygen atoms in total. The molecule has 2 unspecified atom stereocenters. The summed E-state index contributed by atoms with van der Waals surface area (Å²) in [6, 6.07) is 5.63. The number of ether oxygens (including phenoxy) is 1. The number of anilines is 1. The van der Waals surface area contributed by atoms with Gasteiger partial charge in [-0.25, -0.2) is 0 Å². The topological polar surface area (TPSA) is 58.6 Å². The van der Waals surface area contributed by atoms with Crippen LogP contribution in [0.25, 0.3) is 0 Å². The summed E-state index contributed by atoms with van der Waals surface area (Å²) in [5.74, 6) is 0.0295. The summed E-state index contributed by atoms with van der Waals surface area (Å²) in [4.78, 5) is 26.3. The molecule has 1 aromatic carbocycles. The number of carbonyl (C=O) groups excluding carboxylic acids is 2. The first-order valence-electron chi connectivity index (χ1n) is 7.85. The molecule has 2 aliphatic rings. The Labute approximate surface area is 130 Å². The minimum atomic E-state index is -0.0156. The van der Waals surface area contributed by atoms with Crippen LogP contribution in [0.4, 0.5) is 5.69 Å². The zero-order chi connectivity index (χ0) is 15.7. The van der Waals surface area contributed by atoms with E-state index >= 15 is 0 Å². The van der Waals surface area contributed by atoms with Crippen LogP contribution in [0.15, 0.2) is 18.2 Å². The van der Waals surface area contributed by atoms with Crippen molar-refractivity contribution < 1.29 is 14.3 Å². The average Bonchev–Trinajstić information content (AvgIpc) is 2.51. The lowest BCUT2D eigenvalue weighted by atomic mass is 9.95. The van der Waals surface area contributed by atoms with E-state index in [4.69, 9.17) is 4.74 Å². The molecule has 3 rings (SSSR count). The van der Waals surface area contributed by atoms with Crippen molar-refractivity contribution in [1.82, 2.24) is 4.90 Å². The van der Waals surface area contributed by atoms with Crippen molar-refractivity contribution >= 4 is 17.5 Å². The Morgan fingerprint density at radius 1 is 1.41 bits per heavy atom. The van der Waals surface area contributed by atoms with Crippen LogP contribution in [0.5, 0.6) is 0 Å². The Hall–Kier alpha value is -1.88. The van der Waals surface area contributed by atoms with Gasteiger partial charge in [0.25, 0.3) is 5.91 Å². The highest BCUT2D eigenvalue weighted by atomic mass is 16.5. The van der Waals surface area contributed by atoms with E-state index in [9.17, 15) is 9.59 Å². The molecule has 0 saturated carbocycles. The SMILES string of the molecule is CC1CC(C(=O)Nc2ccc3c(c2)C(=O)N(C)CC3)CCO1. The van der Waals surface area contributed by atoms with Gasteiger partial charge < -0.3 is 15.0 Å². The van der Waals surface area contributed by atoms with Crippen molar-refractivity contribution in [1.29, 1.82) is 0 Å². The summed E-state index contributed by atoms with van der Waals surface area (Å²) in [5.41, 5.74) is 2.46. The quantitative estimate of drug-likeness (QED) is 0.910. The largest absolute Gasteiger partial charge is 0.378 e. The lowest BCUT2D eigenvalue weighted by molar-refractivity contribution is -0.124. The Morgan fingerprint density at radius 3 is 3.00 bits per heavy atom. The predicted octanol–water partition coefficient (Wildman–Crippen LogP) is 2.07. The van der Waals surface area contributed by atoms with Gasteiger partial charge in [-0.3, -0.25) is 9.59 Å². The van der Waals surface area contributed by atoms with E-state index in [1.165, 1.54) is 0 Å². The van der Waals surface area contributed by atoms with Gasteiger partial charge in [-0.2, -0.15) is 0 Å². The maximum absolute atomic E-state index is 12.4. The molecule has 0 bridgehead atoms. The van der Waals surface area contributed by atoms with Gasteiger partial charge in [0, 0.05) is 37.4 Å². The number of carbonyl (C=O) groups is 2. The van der Waals surface area contributed by atoms with Crippen molar-refractivity contribution in [2.24, 2.45) is 5.92 Å². The fourth-order valence-electron chi connectivity index (χ4n) is 3.15. The fraction of sp³-hybridized carbons (Fsp3) is 0.529. The number of hydrogen-bond donors (Lipinski definition) is 1. The molecule has 1 saturated heterocycles. The molecule has 0 aliphatic carbocycles. The molecule has 1 N–H and O–H groups in total. The molecule has 2 heterocycles. The Bertz CT molecular complexity index is 600. The van der Waals surface area contributed by atoms with E-state index in [1.807, 2.05) is 19.1 Å². The maximum Gasteiger partial charge on any atom is 0.253 e. The minimum Gasteiger partial charge on any atom is -0.378 e. The van der Waals surface area contributed by atoms with Gasteiger partial charge in [0.15, 0.2) is 0 Å². The number of nitrogens with zero attached hydrogens (tertiary/aromatic N) is 1. The molecule has 2 atom stereocenters. The van der Waals surface area contributed by atoms with Crippen LogP contribution in [0.2, 0.25) is 0 Å². The van der Waals surface area contributed by atoms with Gasteiger partial charge in [-0.05, 0) is 43.9 Å². The van der Waals surface area contributed by atoms with Crippen LogP contribution < -0.4 is 5.32 Å². The number of rotatable bonds is 2. The molecule has 2 amide bonds. The van der Waals surface area contributed by atoms with Crippen molar-refractivity contribution in [2.45, 2.75) is 32.3 Å². The van der Waals surface area contributed by atoms with E-state index in [0.717, 1.165) is 31.4 Å². The lowest BCUT2D eigenvalue weighted by Crippen LogP contribution is -2.34. The molecular formula is C17H22N2O3. The van der Waals surface area contributed by atoms with Crippen molar-refractivity contribution in [2.75, 3.05) is 25.5 Å². The second-order valence-corrected chi connectivity index (χ2v) is 6.24. The molecule has 1 aromatic rings. The molecule has 5 heteroatoms. The van der Waals surface area contributed by atoms with Gasteiger partial charge in [0.05, 0.1) is 6.10 Å². The number of benzene rings is 1. The third-order valence-electron chi connectivity index (χ3n) is 4.53. The van der Waals surface area contributed by atoms with Crippen LogP contribution in [0.1, 0.15) is 35.7 Å². The summed E-state index contributed by atoms with van der Waals surface area (Å²) in [5, 5.41) is 2.95. The highest BCUT2D eigenvalue weighted by molar-refractivity contribution is 5.99. The van der Waals surface area contributed by atoms with Crippen LogP contribution in [-0.4, -0.2) is 43.0 Å². The second kappa shape index (κ2) is 6.08. The number of fused-ring (bicyclic) bond motifs is 1. The minimum absolute atomic E-state index is 0.0156. The molecule has 0 aromatic heterocycles. The van der Waals surface area contributed by atoms with Crippen LogP contribution in [-0.2, 0) is 16.0 Å². The molecule has 22 heavy (non-hydrogen) atoms. The molecule has 0 radical (unpaired) electrons. The van der Waals surface area contributed by atoms with Crippen molar-refractivity contribution in [3.8, 4) is 0 Å². The summed E-state index contributed by atoms with van der Waals surface area (Å²) >= 11 is 0. The first-order valence-corrected chi connectivity index (χ1v) is 7.85. The standard InChI is InChI=1S/C17H22N2O3/c1-11-9-13(6-8-22-11)16(20)18-14-4-3-12-5-7-19(2)17(21)15(12)10-14/h3-4,10-11,13H,5-9H2,1-2H3,(H,18,20). The fourth-order valence-corrected chi connectivity index (χ4v) is 3.15. The van der Waals surface area contributed by atoms with Gasteiger partial charge in [0.2, 0.25) is 5.91 Å². The average molecular weight is 302 g/mol. The van der Waals surface area contributed by atoms with E-state index in [2.05, 4.69) is 5.32 Å². The van der Waals surface area contributed by atoms with E-state index in [0.29, 0.717) is 17.9 Å². The molecule has 1 fully saturated rings.